The molecule has 0 saturated carbocycles. The van der Waals surface area contributed by atoms with E-state index in [0.717, 1.165) is 0 Å². The Balaban J connectivity index is 1.61. The van der Waals surface area contributed by atoms with Crippen LogP contribution < -0.4 is 19.6 Å². The monoisotopic (exact) mass is 559 g/mol. The number of sulfonamides is 1. The first kappa shape index (κ1) is 26.1. The summed E-state index contributed by atoms with van der Waals surface area (Å²) >= 11 is 3.34. The number of ether oxygens (including phenoxy) is 2. The van der Waals surface area contributed by atoms with Crippen LogP contribution in [0.15, 0.2) is 87.3 Å². The van der Waals surface area contributed by atoms with E-state index in [1.54, 1.807) is 60.7 Å². The number of nitrogens with one attached hydrogen (secondary N) is 2. The fourth-order valence-corrected chi connectivity index (χ4v) is 4.16. The number of carbonyl (C=O) groups is 2. The van der Waals surface area contributed by atoms with Crippen LogP contribution in [-0.2, 0) is 14.8 Å². The molecule has 3 aromatic carbocycles. The average molecular weight is 560 g/mol. The van der Waals surface area contributed by atoms with Gasteiger partial charge in [0.2, 0.25) is 10.0 Å². The Labute approximate surface area is 211 Å². The molecule has 1 amide bonds. The largest absolute Gasteiger partial charge is 0.494 e. The standard InChI is InChI=1S/C24H22BrN3O6S/c1-2-33-20-11-8-17(9-12-20)24(30)34-22-13-10-19(25)14-18(22)15-26-28-23(29)16-27-35(31,32)21-6-4-3-5-7-21/h3-15,27H,2,16H2,1H3,(H,28,29)/b26-15-. The second-order valence-electron chi connectivity index (χ2n) is 6.96. The van der Waals surface area contributed by atoms with Crippen LogP contribution in [-0.4, -0.2) is 39.7 Å². The zero-order valence-electron chi connectivity index (χ0n) is 18.6. The first-order valence-electron chi connectivity index (χ1n) is 10.4. The first-order valence-corrected chi connectivity index (χ1v) is 12.7. The summed E-state index contributed by atoms with van der Waals surface area (Å²) in [5, 5.41) is 3.84. The lowest BCUT2D eigenvalue weighted by Gasteiger charge is -2.09. The first-order chi connectivity index (χ1) is 16.8. The number of carbonyl (C=O) groups excluding carboxylic acids is 2. The van der Waals surface area contributed by atoms with Crippen LogP contribution in [0.2, 0.25) is 0 Å². The number of halogens is 1. The SMILES string of the molecule is CCOc1ccc(C(=O)Oc2ccc(Br)cc2/C=N\NC(=O)CNS(=O)(=O)c2ccccc2)cc1. The molecule has 0 aliphatic rings. The Bertz CT molecular complexity index is 1310. The molecular formula is C24H22BrN3O6S. The van der Waals surface area contributed by atoms with E-state index >= 15 is 0 Å². The van der Waals surface area contributed by atoms with Crippen molar-refractivity contribution in [1.82, 2.24) is 10.1 Å². The van der Waals surface area contributed by atoms with Gasteiger partial charge in [0.05, 0.1) is 29.8 Å². The highest BCUT2D eigenvalue weighted by molar-refractivity contribution is 9.10. The number of nitrogens with zero attached hydrogens (tertiary/aromatic N) is 1. The minimum Gasteiger partial charge on any atom is -0.494 e. The molecule has 0 aliphatic carbocycles. The Morgan fingerprint density at radius 3 is 2.43 bits per heavy atom. The molecule has 0 heterocycles. The van der Waals surface area contributed by atoms with Crippen LogP contribution in [0.3, 0.4) is 0 Å². The molecule has 182 valence electrons. The van der Waals surface area contributed by atoms with Crippen molar-refractivity contribution in [2.45, 2.75) is 11.8 Å². The third kappa shape index (κ3) is 7.74. The van der Waals surface area contributed by atoms with Crippen LogP contribution in [0.25, 0.3) is 0 Å². The van der Waals surface area contributed by atoms with Crippen molar-refractivity contribution < 1.29 is 27.5 Å². The van der Waals surface area contributed by atoms with Gasteiger partial charge in [-0.1, -0.05) is 34.1 Å². The molecule has 11 heteroatoms. The van der Waals surface area contributed by atoms with Crippen LogP contribution in [0.1, 0.15) is 22.8 Å². The van der Waals surface area contributed by atoms with Gasteiger partial charge in [0, 0.05) is 10.0 Å². The van der Waals surface area contributed by atoms with Crippen molar-refractivity contribution in [3.05, 3.63) is 88.4 Å². The summed E-state index contributed by atoms with van der Waals surface area (Å²) < 4.78 is 38.1. The predicted octanol–water partition coefficient (Wildman–Crippen LogP) is 3.50. The molecule has 0 spiro atoms. The van der Waals surface area contributed by atoms with E-state index in [1.165, 1.54) is 18.3 Å². The Morgan fingerprint density at radius 1 is 1.03 bits per heavy atom. The molecule has 3 rings (SSSR count). The molecule has 2 N–H and O–H groups in total. The zero-order valence-corrected chi connectivity index (χ0v) is 21.0. The van der Waals surface area contributed by atoms with Gasteiger partial charge in [-0.15, -0.1) is 0 Å². The Morgan fingerprint density at radius 2 is 1.74 bits per heavy atom. The van der Waals surface area contributed by atoms with Gasteiger partial charge < -0.3 is 9.47 Å². The summed E-state index contributed by atoms with van der Waals surface area (Å²) in [5.41, 5.74) is 2.98. The van der Waals surface area contributed by atoms with E-state index in [0.29, 0.717) is 28.0 Å². The van der Waals surface area contributed by atoms with E-state index in [4.69, 9.17) is 9.47 Å². The molecule has 9 nitrogen and oxygen atoms in total. The van der Waals surface area contributed by atoms with E-state index in [-0.39, 0.29) is 10.6 Å². The lowest BCUT2D eigenvalue weighted by Crippen LogP contribution is -2.34. The third-order valence-corrected chi connectivity index (χ3v) is 6.36. The topological polar surface area (TPSA) is 123 Å². The van der Waals surface area contributed by atoms with Crippen molar-refractivity contribution in [2.24, 2.45) is 5.10 Å². The summed E-state index contributed by atoms with van der Waals surface area (Å²) in [6, 6.07) is 19.1. The van der Waals surface area contributed by atoms with E-state index < -0.39 is 28.4 Å². The predicted molar refractivity (Wildman–Crippen MR) is 134 cm³/mol. The number of amides is 1. The fraction of sp³-hybridized carbons (Fsp3) is 0.125. The highest BCUT2D eigenvalue weighted by Gasteiger charge is 2.15. The molecule has 0 atom stereocenters. The second-order valence-corrected chi connectivity index (χ2v) is 9.64. The van der Waals surface area contributed by atoms with E-state index in [2.05, 4.69) is 31.2 Å². The number of esters is 1. The summed E-state index contributed by atoms with van der Waals surface area (Å²) in [5.74, 6) is -0.398. The molecule has 0 aliphatic heterocycles. The molecule has 0 radical (unpaired) electrons. The maximum absolute atomic E-state index is 12.5. The molecular weight excluding hydrogens is 538 g/mol. The second kappa shape index (κ2) is 12.2. The average Bonchev–Trinajstić information content (AvgIpc) is 2.85. The molecule has 0 saturated heterocycles. The van der Waals surface area contributed by atoms with Crippen LogP contribution >= 0.6 is 15.9 Å². The number of hydrazone groups is 1. The van der Waals surface area contributed by atoms with Gasteiger partial charge in [0.1, 0.15) is 11.5 Å². The minimum absolute atomic E-state index is 0.0458. The molecule has 3 aromatic rings. The summed E-state index contributed by atoms with van der Waals surface area (Å²) in [4.78, 5) is 24.6. The van der Waals surface area contributed by atoms with Gasteiger partial charge >= 0.3 is 5.97 Å². The third-order valence-electron chi connectivity index (χ3n) is 4.44. The minimum atomic E-state index is -3.83. The van der Waals surface area contributed by atoms with Gasteiger partial charge in [-0.2, -0.15) is 5.10 Å². The van der Waals surface area contributed by atoms with Crippen molar-refractivity contribution in [3.8, 4) is 11.5 Å². The normalized spacial score (nSPS) is 11.3. The van der Waals surface area contributed by atoms with Crippen molar-refractivity contribution in [1.29, 1.82) is 0 Å². The van der Waals surface area contributed by atoms with E-state index in [1.807, 2.05) is 6.92 Å². The number of hydrogen-bond acceptors (Lipinski definition) is 7. The smallest absolute Gasteiger partial charge is 0.343 e. The quantitative estimate of drug-likeness (QED) is 0.169. The highest BCUT2D eigenvalue weighted by atomic mass is 79.9. The van der Waals surface area contributed by atoms with Gasteiger partial charge in [-0.25, -0.2) is 23.4 Å². The number of benzene rings is 3. The Kier molecular flexibility index (Phi) is 9.12. The molecule has 0 bridgehead atoms. The molecule has 0 aromatic heterocycles. The van der Waals surface area contributed by atoms with Crippen molar-refractivity contribution in [2.75, 3.05) is 13.2 Å². The van der Waals surface area contributed by atoms with Gasteiger partial charge in [0.15, 0.2) is 0 Å². The van der Waals surface area contributed by atoms with Gasteiger partial charge in [-0.05, 0) is 61.5 Å². The highest BCUT2D eigenvalue weighted by Crippen LogP contribution is 2.23. The number of rotatable bonds is 10. The van der Waals surface area contributed by atoms with E-state index in [9.17, 15) is 18.0 Å². The van der Waals surface area contributed by atoms with Crippen molar-refractivity contribution in [3.63, 3.8) is 0 Å². The number of hydrogen-bond donors (Lipinski definition) is 2. The zero-order chi connectivity index (χ0) is 25.3. The maximum atomic E-state index is 12.5. The molecule has 0 fully saturated rings. The van der Waals surface area contributed by atoms with Gasteiger partial charge in [0.25, 0.3) is 5.91 Å². The lowest BCUT2D eigenvalue weighted by molar-refractivity contribution is -0.119. The van der Waals surface area contributed by atoms with Crippen molar-refractivity contribution >= 4 is 44.0 Å². The lowest BCUT2D eigenvalue weighted by atomic mass is 10.2. The van der Waals surface area contributed by atoms with Crippen LogP contribution in [0.5, 0.6) is 11.5 Å². The summed E-state index contributed by atoms with van der Waals surface area (Å²) in [6.45, 7) is 1.87. The molecule has 0 unspecified atom stereocenters. The summed E-state index contributed by atoms with van der Waals surface area (Å²) in [6.07, 6.45) is 1.29. The summed E-state index contributed by atoms with van der Waals surface area (Å²) in [7, 11) is -3.83. The molecule has 35 heavy (non-hydrogen) atoms. The van der Waals surface area contributed by atoms with Crippen LogP contribution in [0.4, 0.5) is 0 Å². The van der Waals surface area contributed by atoms with Gasteiger partial charge in [-0.3, -0.25) is 4.79 Å². The fourth-order valence-electron chi connectivity index (χ4n) is 2.78. The van der Waals surface area contributed by atoms with Crippen LogP contribution in [0, 0.1) is 0 Å². The Hall–Kier alpha value is -3.54. The maximum Gasteiger partial charge on any atom is 0.343 e.